The first-order valence-electron chi connectivity index (χ1n) is 6.04. The molecule has 0 fully saturated rings. The SMILES string of the molecule is CCCC(COC)NCc1ccnn1CC. The third kappa shape index (κ3) is 3.94. The summed E-state index contributed by atoms with van der Waals surface area (Å²) in [6.45, 7) is 6.86. The molecule has 0 spiro atoms. The van der Waals surface area contributed by atoms with Crippen LogP contribution in [-0.4, -0.2) is 29.5 Å². The minimum absolute atomic E-state index is 0.440. The third-order valence-electron chi connectivity index (χ3n) is 2.68. The zero-order valence-electron chi connectivity index (χ0n) is 10.6. The van der Waals surface area contributed by atoms with Crippen molar-refractivity contribution in [2.75, 3.05) is 13.7 Å². The summed E-state index contributed by atoms with van der Waals surface area (Å²) in [5.74, 6) is 0. The maximum Gasteiger partial charge on any atom is 0.0615 e. The Labute approximate surface area is 98.0 Å². The van der Waals surface area contributed by atoms with Crippen molar-refractivity contribution >= 4 is 0 Å². The van der Waals surface area contributed by atoms with Gasteiger partial charge in [-0.25, -0.2) is 0 Å². The largest absolute Gasteiger partial charge is 0.383 e. The van der Waals surface area contributed by atoms with E-state index < -0.39 is 0 Å². The predicted octanol–water partition coefficient (Wildman–Crippen LogP) is 1.81. The van der Waals surface area contributed by atoms with E-state index in [-0.39, 0.29) is 0 Å². The Balaban J connectivity index is 2.41. The van der Waals surface area contributed by atoms with Gasteiger partial charge in [0.1, 0.15) is 0 Å². The van der Waals surface area contributed by atoms with Crippen molar-refractivity contribution in [3.05, 3.63) is 18.0 Å². The third-order valence-corrected chi connectivity index (χ3v) is 2.68. The fourth-order valence-corrected chi connectivity index (χ4v) is 1.84. The molecule has 0 saturated heterocycles. The van der Waals surface area contributed by atoms with E-state index in [2.05, 4.69) is 30.3 Å². The van der Waals surface area contributed by atoms with Crippen LogP contribution in [-0.2, 0) is 17.8 Å². The van der Waals surface area contributed by atoms with Crippen molar-refractivity contribution in [1.29, 1.82) is 0 Å². The van der Waals surface area contributed by atoms with Crippen LogP contribution < -0.4 is 5.32 Å². The minimum Gasteiger partial charge on any atom is -0.383 e. The van der Waals surface area contributed by atoms with Gasteiger partial charge in [0.15, 0.2) is 0 Å². The van der Waals surface area contributed by atoms with Gasteiger partial charge in [0, 0.05) is 32.4 Å². The van der Waals surface area contributed by atoms with E-state index in [1.165, 1.54) is 12.1 Å². The number of hydrogen-bond donors (Lipinski definition) is 1. The van der Waals surface area contributed by atoms with Crippen LogP contribution in [0.5, 0.6) is 0 Å². The average molecular weight is 225 g/mol. The van der Waals surface area contributed by atoms with Crippen molar-refractivity contribution in [2.24, 2.45) is 0 Å². The highest BCUT2D eigenvalue weighted by molar-refractivity contribution is 5.00. The van der Waals surface area contributed by atoms with Gasteiger partial charge in [-0.05, 0) is 19.4 Å². The van der Waals surface area contributed by atoms with Crippen LogP contribution >= 0.6 is 0 Å². The number of rotatable bonds is 8. The van der Waals surface area contributed by atoms with Crippen LogP contribution in [0, 0.1) is 0 Å². The molecule has 0 aromatic carbocycles. The lowest BCUT2D eigenvalue weighted by molar-refractivity contribution is 0.161. The Morgan fingerprint density at radius 2 is 2.31 bits per heavy atom. The summed E-state index contributed by atoms with van der Waals surface area (Å²) in [4.78, 5) is 0. The molecule has 1 rings (SSSR count). The molecular formula is C12H23N3O. The molecule has 1 N–H and O–H groups in total. The number of methoxy groups -OCH3 is 1. The van der Waals surface area contributed by atoms with Gasteiger partial charge >= 0.3 is 0 Å². The summed E-state index contributed by atoms with van der Waals surface area (Å²) >= 11 is 0. The number of ether oxygens (including phenoxy) is 1. The zero-order valence-corrected chi connectivity index (χ0v) is 10.6. The van der Waals surface area contributed by atoms with Crippen LogP contribution in [0.2, 0.25) is 0 Å². The Kier molecular flexibility index (Phi) is 6.11. The molecule has 16 heavy (non-hydrogen) atoms. The molecule has 1 heterocycles. The van der Waals surface area contributed by atoms with Crippen LogP contribution in [0.1, 0.15) is 32.4 Å². The molecule has 4 nitrogen and oxygen atoms in total. The summed E-state index contributed by atoms with van der Waals surface area (Å²) in [5, 5.41) is 7.76. The van der Waals surface area contributed by atoms with Gasteiger partial charge in [-0.1, -0.05) is 13.3 Å². The maximum absolute atomic E-state index is 5.20. The van der Waals surface area contributed by atoms with Gasteiger partial charge in [0.05, 0.1) is 12.3 Å². The molecule has 1 aromatic heterocycles. The molecule has 1 aromatic rings. The van der Waals surface area contributed by atoms with E-state index in [0.29, 0.717) is 6.04 Å². The fourth-order valence-electron chi connectivity index (χ4n) is 1.84. The minimum atomic E-state index is 0.440. The van der Waals surface area contributed by atoms with Crippen LogP contribution in [0.3, 0.4) is 0 Å². The predicted molar refractivity (Wildman–Crippen MR) is 65.3 cm³/mol. The second kappa shape index (κ2) is 7.41. The molecule has 1 unspecified atom stereocenters. The molecule has 92 valence electrons. The Hall–Kier alpha value is -0.870. The lowest BCUT2D eigenvalue weighted by Gasteiger charge is -2.17. The summed E-state index contributed by atoms with van der Waals surface area (Å²) < 4.78 is 7.21. The number of nitrogens with zero attached hydrogens (tertiary/aromatic N) is 2. The van der Waals surface area contributed by atoms with Gasteiger partial charge in [0.25, 0.3) is 0 Å². The second-order valence-electron chi connectivity index (χ2n) is 3.96. The number of nitrogens with one attached hydrogen (secondary N) is 1. The van der Waals surface area contributed by atoms with Gasteiger partial charge in [-0.15, -0.1) is 0 Å². The molecule has 4 heteroatoms. The molecule has 0 saturated carbocycles. The summed E-state index contributed by atoms with van der Waals surface area (Å²) in [5.41, 5.74) is 1.24. The molecule has 0 bridgehead atoms. The van der Waals surface area contributed by atoms with Crippen LogP contribution in [0.4, 0.5) is 0 Å². The monoisotopic (exact) mass is 225 g/mol. The lowest BCUT2D eigenvalue weighted by Crippen LogP contribution is -2.33. The average Bonchev–Trinajstić information content (AvgIpc) is 2.74. The fraction of sp³-hybridized carbons (Fsp3) is 0.750. The quantitative estimate of drug-likeness (QED) is 0.733. The molecule has 0 aliphatic carbocycles. The summed E-state index contributed by atoms with van der Waals surface area (Å²) in [6.07, 6.45) is 4.17. The van der Waals surface area contributed by atoms with Gasteiger partial charge in [0.2, 0.25) is 0 Å². The van der Waals surface area contributed by atoms with E-state index in [4.69, 9.17) is 4.74 Å². The first kappa shape index (κ1) is 13.2. The summed E-state index contributed by atoms with van der Waals surface area (Å²) in [6, 6.07) is 2.50. The molecule has 1 atom stereocenters. The van der Waals surface area contributed by atoms with Gasteiger partial charge in [-0.3, -0.25) is 4.68 Å². The van der Waals surface area contributed by atoms with E-state index in [1.54, 1.807) is 7.11 Å². The second-order valence-corrected chi connectivity index (χ2v) is 3.96. The highest BCUT2D eigenvalue weighted by Gasteiger charge is 2.08. The standard InChI is InChI=1S/C12H23N3O/c1-4-6-11(10-16-3)13-9-12-7-8-14-15(12)5-2/h7-8,11,13H,4-6,9-10H2,1-3H3. The van der Waals surface area contributed by atoms with Crippen molar-refractivity contribution in [2.45, 2.75) is 45.8 Å². The molecular weight excluding hydrogens is 202 g/mol. The zero-order chi connectivity index (χ0) is 11.8. The van der Waals surface area contributed by atoms with E-state index in [1.807, 2.05) is 10.9 Å². The number of aromatic nitrogens is 2. The molecule has 0 aliphatic rings. The molecule has 0 radical (unpaired) electrons. The topological polar surface area (TPSA) is 39.1 Å². The van der Waals surface area contributed by atoms with E-state index >= 15 is 0 Å². The first-order chi connectivity index (χ1) is 7.81. The highest BCUT2D eigenvalue weighted by atomic mass is 16.5. The van der Waals surface area contributed by atoms with Crippen molar-refractivity contribution in [3.63, 3.8) is 0 Å². The lowest BCUT2D eigenvalue weighted by atomic mass is 10.2. The number of hydrogen-bond acceptors (Lipinski definition) is 3. The van der Waals surface area contributed by atoms with Crippen molar-refractivity contribution in [1.82, 2.24) is 15.1 Å². The van der Waals surface area contributed by atoms with E-state index in [9.17, 15) is 0 Å². The van der Waals surface area contributed by atoms with Crippen LogP contribution in [0.15, 0.2) is 12.3 Å². The van der Waals surface area contributed by atoms with Gasteiger partial charge in [-0.2, -0.15) is 5.10 Å². The van der Waals surface area contributed by atoms with Crippen molar-refractivity contribution in [3.8, 4) is 0 Å². The summed E-state index contributed by atoms with van der Waals surface area (Å²) in [7, 11) is 1.75. The normalized spacial score (nSPS) is 12.9. The Bertz CT molecular complexity index is 280. The van der Waals surface area contributed by atoms with Crippen molar-refractivity contribution < 1.29 is 4.74 Å². The maximum atomic E-state index is 5.20. The Morgan fingerprint density at radius 1 is 1.50 bits per heavy atom. The number of aryl methyl sites for hydroxylation is 1. The first-order valence-corrected chi connectivity index (χ1v) is 6.04. The van der Waals surface area contributed by atoms with E-state index in [0.717, 1.165) is 26.1 Å². The highest BCUT2D eigenvalue weighted by Crippen LogP contribution is 2.02. The molecule has 0 amide bonds. The van der Waals surface area contributed by atoms with Crippen LogP contribution in [0.25, 0.3) is 0 Å². The van der Waals surface area contributed by atoms with Gasteiger partial charge < -0.3 is 10.1 Å². The Morgan fingerprint density at radius 3 is 2.94 bits per heavy atom. The molecule has 0 aliphatic heterocycles. The smallest absolute Gasteiger partial charge is 0.0615 e.